The molecule has 3 heterocycles. The highest BCUT2D eigenvalue weighted by Crippen LogP contribution is 2.41. The molecule has 5 aromatic rings. The molecule has 2 N–H and O–H groups in total. The Labute approximate surface area is 252 Å². The van der Waals surface area contributed by atoms with Gasteiger partial charge in [0.25, 0.3) is 0 Å². The van der Waals surface area contributed by atoms with Crippen LogP contribution in [0.3, 0.4) is 0 Å². The van der Waals surface area contributed by atoms with Gasteiger partial charge in [0.2, 0.25) is 5.82 Å². The molecule has 1 saturated carbocycles. The zero-order chi connectivity index (χ0) is 31.0. The number of hydrogen-bond acceptors (Lipinski definition) is 6. The van der Waals surface area contributed by atoms with E-state index in [1.165, 1.54) is 12.1 Å². The van der Waals surface area contributed by atoms with Gasteiger partial charge < -0.3 is 15.0 Å². The number of nitrogens with zero attached hydrogens (tertiary/aromatic N) is 5. The Balaban J connectivity index is 1.55. The maximum Gasteiger partial charge on any atom is 0.416 e. The van der Waals surface area contributed by atoms with E-state index in [2.05, 4.69) is 34.1 Å². The van der Waals surface area contributed by atoms with E-state index in [1.54, 1.807) is 10.8 Å². The fraction of sp³-hybridized carbons (Fsp3) is 0.303. The highest BCUT2D eigenvalue weighted by atomic mass is 19.4. The maximum absolute atomic E-state index is 13.3. The van der Waals surface area contributed by atoms with Crippen molar-refractivity contribution in [2.24, 2.45) is 5.92 Å². The van der Waals surface area contributed by atoms with E-state index in [4.69, 9.17) is 4.98 Å². The van der Waals surface area contributed by atoms with Crippen LogP contribution in [0.25, 0.3) is 22.7 Å². The molecule has 0 unspecified atom stereocenters. The lowest BCUT2D eigenvalue weighted by Gasteiger charge is -2.35. The molecular weight excluding hydrogens is 569 g/mol. The second kappa shape index (κ2) is 11.7. The molecular formula is C33H31F3N6O2. The number of aromatic nitrogens is 5. The van der Waals surface area contributed by atoms with Crippen LogP contribution in [-0.2, 0) is 12.7 Å². The summed E-state index contributed by atoms with van der Waals surface area (Å²) in [4.78, 5) is 30.2. The Morgan fingerprint density at radius 3 is 2.34 bits per heavy atom. The highest BCUT2D eigenvalue weighted by molar-refractivity contribution is 5.92. The molecule has 0 saturated heterocycles. The van der Waals surface area contributed by atoms with Crippen LogP contribution in [0.2, 0.25) is 0 Å². The third kappa shape index (κ3) is 5.86. The monoisotopic (exact) mass is 600 g/mol. The van der Waals surface area contributed by atoms with Gasteiger partial charge in [0.15, 0.2) is 17.3 Å². The molecule has 0 amide bonds. The van der Waals surface area contributed by atoms with Crippen LogP contribution in [0.1, 0.15) is 77.9 Å². The normalized spacial score (nSPS) is 14.5. The van der Waals surface area contributed by atoms with Crippen molar-refractivity contribution in [1.82, 2.24) is 24.5 Å². The van der Waals surface area contributed by atoms with E-state index < -0.39 is 23.5 Å². The molecule has 6 rings (SSSR count). The van der Waals surface area contributed by atoms with E-state index >= 15 is 0 Å². The summed E-state index contributed by atoms with van der Waals surface area (Å²) in [6.45, 7) is 4.24. The second-order valence-electron chi connectivity index (χ2n) is 11.4. The molecule has 0 aliphatic heterocycles. The summed E-state index contributed by atoms with van der Waals surface area (Å²) in [7, 11) is 0. The smallest absolute Gasteiger partial charge is 0.416 e. The van der Waals surface area contributed by atoms with Crippen molar-refractivity contribution in [2.45, 2.75) is 57.8 Å². The number of hydrogen-bond donors (Lipinski definition) is 2. The minimum atomic E-state index is -4.46. The van der Waals surface area contributed by atoms with Crippen LogP contribution in [0, 0.1) is 5.92 Å². The number of imidazole rings is 1. The average molecular weight is 601 g/mol. The van der Waals surface area contributed by atoms with Gasteiger partial charge in [-0.15, -0.1) is 0 Å². The van der Waals surface area contributed by atoms with Crippen LogP contribution in [-0.4, -0.2) is 35.6 Å². The van der Waals surface area contributed by atoms with Gasteiger partial charge >= 0.3 is 12.1 Å². The van der Waals surface area contributed by atoms with E-state index in [0.29, 0.717) is 34.3 Å². The molecule has 1 aliphatic rings. The molecule has 0 spiro atoms. The molecule has 11 heteroatoms. The van der Waals surface area contributed by atoms with Crippen molar-refractivity contribution in [3.63, 3.8) is 0 Å². The fourth-order valence-corrected chi connectivity index (χ4v) is 5.55. The lowest BCUT2D eigenvalue weighted by Crippen LogP contribution is -2.27. The van der Waals surface area contributed by atoms with Gasteiger partial charge in [-0.25, -0.2) is 19.7 Å². The number of aromatic carboxylic acids is 1. The summed E-state index contributed by atoms with van der Waals surface area (Å²) in [6, 6.07) is 18.5. The Kier molecular flexibility index (Phi) is 7.79. The zero-order valence-corrected chi connectivity index (χ0v) is 24.2. The first-order valence-corrected chi connectivity index (χ1v) is 14.5. The third-order valence-electron chi connectivity index (χ3n) is 8.17. The summed E-state index contributed by atoms with van der Waals surface area (Å²) >= 11 is 0. The molecule has 2 aromatic carbocycles. The molecule has 226 valence electrons. The first-order valence-electron chi connectivity index (χ1n) is 14.5. The quantitative estimate of drug-likeness (QED) is 0.178. The van der Waals surface area contributed by atoms with Crippen LogP contribution < -0.4 is 5.32 Å². The van der Waals surface area contributed by atoms with Gasteiger partial charge in [0.1, 0.15) is 11.2 Å². The van der Waals surface area contributed by atoms with Crippen molar-refractivity contribution < 1.29 is 23.1 Å². The van der Waals surface area contributed by atoms with E-state index in [0.717, 1.165) is 42.5 Å². The minimum Gasteiger partial charge on any atom is -0.475 e. The topological polar surface area (TPSA) is 106 Å². The Hall–Kier alpha value is -4.80. The predicted molar refractivity (Wildman–Crippen MR) is 160 cm³/mol. The minimum absolute atomic E-state index is 0.126. The number of fused-ring (bicyclic) bond motifs is 1. The van der Waals surface area contributed by atoms with Gasteiger partial charge in [-0.2, -0.15) is 13.2 Å². The summed E-state index contributed by atoms with van der Waals surface area (Å²) in [6.07, 6.45) is 0.340. The third-order valence-corrected chi connectivity index (χ3v) is 8.17. The SMILES string of the molecule is CC(C)c1ccnc(-c2nc3nc(C(=O)O)nc(N[C@H](c4ccccc4)C4CCC4)c3n2Cc2ccc(C(F)(F)F)cc2)c1. The standard InChI is InChI=1S/C33H31F3N6O2/c1-19(2)23-15-16-37-25(17-23)31-41-29-27(42(31)18-20-11-13-24(14-12-20)33(34,35)36)28(39-30(40-29)32(43)44)38-26(22-9-6-10-22)21-7-4-3-5-8-21/h3-5,7-8,11-17,19,22,26H,6,9-10,18H2,1-2H3,(H,43,44)(H,38,39,40)/t26-/m1/s1. The van der Waals surface area contributed by atoms with Crippen LogP contribution in [0.5, 0.6) is 0 Å². The number of anilines is 1. The fourth-order valence-electron chi connectivity index (χ4n) is 5.55. The van der Waals surface area contributed by atoms with Crippen molar-refractivity contribution >= 4 is 23.0 Å². The first kappa shape index (κ1) is 29.3. The van der Waals surface area contributed by atoms with E-state index in [1.807, 2.05) is 42.5 Å². The number of nitrogens with one attached hydrogen (secondary N) is 1. The number of carboxylic acid groups (broad SMARTS) is 1. The molecule has 1 fully saturated rings. The summed E-state index contributed by atoms with van der Waals surface area (Å²) in [5.74, 6) is -0.496. The summed E-state index contributed by atoms with van der Waals surface area (Å²) in [5.41, 5.74) is 3.04. The number of carboxylic acids is 1. The molecule has 44 heavy (non-hydrogen) atoms. The number of benzene rings is 2. The summed E-state index contributed by atoms with van der Waals surface area (Å²) in [5, 5.41) is 13.5. The molecule has 3 aromatic heterocycles. The molecule has 8 nitrogen and oxygen atoms in total. The number of halogens is 3. The van der Waals surface area contributed by atoms with Crippen molar-refractivity contribution in [3.05, 3.63) is 101 Å². The van der Waals surface area contributed by atoms with Gasteiger partial charge in [0, 0.05) is 12.7 Å². The average Bonchev–Trinajstić information content (AvgIpc) is 3.34. The Bertz CT molecular complexity index is 1800. The zero-order valence-electron chi connectivity index (χ0n) is 24.2. The van der Waals surface area contributed by atoms with Gasteiger partial charge in [0.05, 0.1) is 11.6 Å². The molecule has 0 bridgehead atoms. The van der Waals surface area contributed by atoms with Crippen LogP contribution in [0.15, 0.2) is 72.9 Å². The van der Waals surface area contributed by atoms with Crippen LogP contribution in [0.4, 0.5) is 19.0 Å². The molecule has 0 radical (unpaired) electrons. The van der Waals surface area contributed by atoms with E-state index in [9.17, 15) is 23.1 Å². The number of alkyl halides is 3. The highest BCUT2D eigenvalue weighted by Gasteiger charge is 2.32. The van der Waals surface area contributed by atoms with Crippen LogP contribution >= 0.6 is 0 Å². The first-order chi connectivity index (χ1) is 21.1. The summed E-state index contributed by atoms with van der Waals surface area (Å²) < 4.78 is 41.7. The number of carbonyl (C=O) groups is 1. The largest absolute Gasteiger partial charge is 0.475 e. The van der Waals surface area contributed by atoms with Gasteiger partial charge in [-0.1, -0.05) is 62.7 Å². The second-order valence-corrected chi connectivity index (χ2v) is 11.4. The molecule has 1 aliphatic carbocycles. The van der Waals surface area contributed by atoms with Gasteiger partial charge in [-0.3, -0.25) is 4.98 Å². The Morgan fingerprint density at radius 2 is 1.73 bits per heavy atom. The lowest BCUT2D eigenvalue weighted by atomic mass is 9.77. The maximum atomic E-state index is 13.3. The Morgan fingerprint density at radius 1 is 1.00 bits per heavy atom. The lowest BCUT2D eigenvalue weighted by molar-refractivity contribution is -0.137. The van der Waals surface area contributed by atoms with Crippen molar-refractivity contribution in [1.29, 1.82) is 0 Å². The number of rotatable bonds is 9. The van der Waals surface area contributed by atoms with Crippen molar-refractivity contribution in [2.75, 3.05) is 5.32 Å². The van der Waals surface area contributed by atoms with Gasteiger partial charge in [-0.05, 0) is 65.6 Å². The van der Waals surface area contributed by atoms with E-state index in [-0.39, 0.29) is 24.2 Å². The molecule has 1 atom stereocenters. The predicted octanol–water partition coefficient (Wildman–Crippen LogP) is 7.73. The van der Waals surface area contributed by atoms with Crippen molar-refractivity contribution in [3.8, 4) is 11.5 Å². The number of pyridine rings is 1.